The van der Waals surface area contributed by atoms with Crippen LogP contribution in [0.15, 0.2) is 41.1 Å². The number of nitrogens with zero attached hydrogens (tertiary/aromatic N) is 1. The van der Waals surface area contributed by atoms with E-state index in [1.165, 1.54) is 0 Å². The Hall–Kier alpha value is -1.26. The fourth-order valence-corrected chi connectivity index (χ4v) is 2.18. The standard InChI is InChI=1S/C13H12BrClN2O/c1-18-12-5-4-10(15)7-9(12)8-17-11-3-2-6-16-13(11)14/h2-7,17H,8H2,1H3. The van der Waals surface area contributed by atoms with Gasteiger partial charge < -0.3 is 10.1 Å². The lowest BCUT2D eigenvalue weighted by Crippen LogP contribution is -2.02. The molecule has 0 radical (unpaired) electrons. The van der Waals surface area contributed by atoms with Gasteiger partial charge in [-0.15, -0.1) is 0 Å². The van der Waals surface area contributed by atoms with Gasteiger partial charge in [0.25, 0.3) is 0 Å². The van der Waals surface area contributed by atoms with E-state index in [-0.39, 0.29) is 0 Å². The van der Waals surface area contributed by atoms with Gasteiger partial charge in [0, 0.05) is 23.3 Å². The lowest BCUT2D eigenvalue weighted by molar-refractivity contribution is 0.410. The summed E-state index contributed by atoms with van der Waals surface area (Å²) >= 11 is 9.37. The smallest absolute Gasteiger partial charge is 0.129 e. The fraction of sp³-hybridized carbons (Fsp3) is 0.154. The molecule has 1 N–H and O–H groups in total. The Morgan fingerprint density at radius 3 is 2.94 bits per heavy atom. The average Bonchev–Trinajstić information content (AvgIpc) is 2.38. The molecule has 0 amide bonds. The van der Waals surface area contributed by atoms with Gasteiger partial charge in [-0.3, -0.25) is 0 Å². The molecule has 94 valence electrons. The van der Waals surface area contributed by atoms with E-state index in [0.29, 0.717) is 11.6 Å². The van der Waals surface area contributed by atoms with Gasteiger partial charge in [-0.05, 0) is 46.3 Å². The Morgan fingerprint density at radius 1 is 1.39 bits per heavy atom. The highest BCUT2D eigenvalue weighted by Crippen LogP contribution is 2.25. The van der Waals surface area contributed by atoms with Crippen molar-refractivity contribution in [2.24, 2.45) is 0 Å². The van der Waals surface area contributed by atoms with Crippen molar-refractivity contribution in [2.45, 2.75) is 6.54 Å². The molecule has 1 heterocycles. The monoisotopic (exact) mass is 326 g/mol. The van der Waals surface area contributed by atoms with E-state index >= 15 is 0 Å². The van der Waals surface area contributed by atoms with E-state index in [2.05, 4.69) is 26.2 Å². The van der Waals surface area contributed by atoms with Crippen LogP contribution in [-0.4, -0.2) is 12.1 Å². The Bertz CT molecular complexity index is 548. The molecule has 1 aromatic heterocycles. The zero-order valence-electron chi connectivity index (χ0n) is 9.78. The molecular formula is C13H12BrClN2O. The van der Waals surface area contributed by atoms with Gasteiger partial charge in [-0.1, -0.05) is 11.6 Å². The van der Waals surface area contributed by atoms with Gasteiger partial charge in [0.05, 0.1) is 12.8 Å². The zero-order valence-corrected chi connectivity index (χ0v) is 12.1. The lowest BCUT2D eigenvalue weighted by atomic mass is 10.2. The van der Waals surface area contributed by atoms with Crippen molar-refractivity contribution in [3.63, 3.8) is 0 Å². The predicted molar refractivity (Wildman–Crippen MR) is 77.3 cm³/mol. The summed E-state index contributed by atoms with van der Waals surface area (Å²) in [5.74, 6) is 0.812. The summed E-state index contributed by atoms with van der Waals surface area (Å²) in [5.41, 5.74) is 1.93. The van der Waals surface area contributed by atoms with E-state index < -0.39 is 0 Å². The highest BCUT2D eigenvalue weighted by atomic mass is 79.9. The second kappa shape index (κ2) is 6.07. The van der Waals surface area contributed by atoms with E-state index in [9.17, 15) is 0 Å². The number of halogens is 2. The van der Waals surface area contributed by atoms with Gasteiger partial charge in [-0.2, -0.15) is 0 Å². The molecule has 3 nitrogen and oxygen atoms in total. The molecule has 0 saturated heterocycles. The molecule has 0 atom stereocenters. The minimum Gasteiger partial charge on any atom is -0.496 e. The molecule has 0 aliphatic heterocycles. The van der Waals surface area contributed by atoms with Crippen molar-refractivity contribution in [1.82, 2.24) is 4.98 Å². The molecule has 0 aliphatic rings. The summed E-state index contributed by atoms with van der Waals surface area (Å²) in [7, 11) is 1.65. The van der Waals surface area contributed by atoms with E-state index in [1.54, 1.807) is 13.3 Å². The van der Waals surface area contributed by atoms with Crippen molar-refractivity contribution in [2.75, 3.05) is 12.4 Å². The van der Waals surface area contributed by atoms with Crippen LogP contribution in [0.1, 0.15) is 5.56 Å². The number of anilines is 1. The van der Waals surface area contributed by atoms with E-state index in [1.807, 2.05) is 30.3 Å². The van der Waals surface area contributed by atoms with Crippen LogP contribution < -0.4 is 10.1 Å². The summed E-state index contributed by atoms with van der Waals surface area (Å²) in [4.78, 5) is 4.15. The quantitative estimate of drug-likeness (QED) is 0.858. The number of aromatic nitrogens is 1. The van der Waals surface area contributed by atoms with Gasteiger partial charge in [0.1, 0.15) is 10.4 Å². The molecule has 2 rings (SSSR count). The normalized spacial score (nSPS) is 10.2. The summed E-state index contributed by atoms with van der Waals surface area (Å²) in [6, 6.07) is 9.38. The Balaban J connectivity index is 2.15. The van der Waals surface area contributed by atoms with Crippen LogP contribution >= 0.6 is 27.5 Å². The Labute approximate surface area is 119 Å². The average molecular weight is 328 g/mol. The lowest BCUT2D eigenvalue weighted by Gasteiger charge is -2.11. The topological polar surface area (TPSA) is 34.1 Å². The largest absolute Gasteiger partial charge is 0.496 e. The maximum absolute atomic E-state index is 5.98. The third-order valence-electron chi connectivity index (χ3n) is 2.47. The highest BCUT2D eigenvalue weighted by Gasteiger charge is 2.05. The Morgan fingerprint density at radius 2 is 2.22 bits per heavy atom. The first-order valence-corrected chi connectivity index (χ1v) is 6.54. The van der Waals surface area contributed by atoms with Crippen molar-refractivity contribution in [3.8, 4) is 5.75 Å². The number of ether oxygens (including phenoxy) is 1. The van der Waals surface area contributed by atoms with Crippen molar-refractivity contribution in [3.05, 3.63) is 51.7 Å². The molecule has 0 saturated carbocycles. The molecule has 18 heavy (non-hydrogen) atoms. The van der Waals surface area contributed by atoms with Crippen molar-refractivity contribution < 1.29 is 4.74 Å². The SMILES string of the molecule is COc1ccc(Cl)cc1CNc1cccnc1Br. The van der Waals surface area contributed by atoms with Crippen LogP contribution in [0.3, 0.4) is 0 Å². The third-order valence-corrected chi connectivity index (χ3v) is 3.34. The van der Waals surface area contributed by atoms with E-state index in [0.717, 1.165) is 21.6 Å². The van der Waals surface area contributed by atoms with Crippen LogP contribution in [0.25, 0.3) is 0 Å². The molecule has 5 heteroatoms. The summed E-state index contributed by atoms with van der Waals surface area (Å²) in [6.45, 7) is 0.619. The maximum Gasteiger partial charge on any atom is 0.129 e. The van der Waals surface area contributed by atoms with Gasteiger partial charge >= 0.3 is 0 Å². The van der Waals surface area contributed by atoms with Crippen molar-refractivity contribution >= 4 is 33.2 Å². The first kappa shape index (κ1) is 13.2. The summed E-state index contributed by atoms with van der Waals surface area (Å²) < 4.78 is 6.08. The minimum absolute atomic E-state index is 0.619. The van der Waals surface area contributed by atoms with Crippen LogP contribution in [-0.2, 0) is 6.54 Å². The zero-order chi connectivity index (χ0) is 13.0. The molecular weight excluding hydrogens is 316 g/mol. The number of hydrogen-bond acceptors (Lipinski definition) is 3. The van der Waals surface area contributed by atoms with Crippen LogP contribution in [0, 0.1) is 0 Å². The molecule has 2 aromatic rings. The predicted octanol–water partition coefficient (Wildman–Crippen LogP) is 4.12. The first-order valence-electron chi connectivity index (χ1n) is 5.37. The number of methoxy groups -OCH3 is 1. The molecule has 0 bridgehead atoms. The number of hydrogen-bond donors (Lipinski definition) is 1. The van der Waals surface area contributed by atoms with Gasteiger partial charge in [0.15, 0.2) is 0 Å². The first-order chi connectivity index (χ1) is 8.70. The molecule has 0 unspecified atom stereocenters. The number of rotatable bonds is 4. The van der Waals surface area contributed by atoms with Crippen LogP contribution in [0.4, 0.5) is 5.69 Å². The fourth-order valence-electron chi connectivity index (χ4n) is 1.59. The molecule has 1 aromatic carbocycles. The third kappa shape index (κ3) is 3.15. The highest BCUT2D eigenvalue weighted by molar-refractivity contribution is 9.10. The second-order valence-electron chi connectivity index (χ2n) is 3.65. The molecule has 0 spiro atoms. The second-order valence-corrected chi connectivity index (χ2v) is 4.84. The number of nitrogens with one attached hydrogen (secondary N) is 1. The molecule has 0 aliphatic carbocycles. The van der Waals surface area contributed by atoms with Crippen LogP contribution in [0.5, 0.6) is 5.75 Å². The van der Waals surface area contributed by atoms with Gasteiger partial charge in [-0.25, -0.2) is 4.98 Å². The summed E-state index contributed by atoms with van der Waals surface area (Å²) in [5, 5.41) is 3.98. The maximum atomic E-state index is 5.98. The van der Waals surface area contributed by atoms with Gasteiger partial charge in [0.2, 0.25) is 0 Å². The number of benzene rings is 1. The number of pyridine rings is 1. The van der Waals surface area contributed by atoms with Crippen molar-refractivity contribution in [1.29, 1.82) is 0 Å². The van der Waals surface area contributed by atoms with E-state index in [4.69, 9.17) is 16.3 Å². The Kier molecular flexibility index (Phi) is 4.44. The summed E-state index contributed by atoms with van der Waals surface area (Å²) in [6.07, 6.45) is 1.73. The van der Waals surface area contributed by atoms with Crippen LogP contribution in [0.2, 0.25) is 5.02 Å². The minimum atomic E-state index is 0.619. The molecule has 0 fully saturated rings.